The second-order valence-corrected chi connectivity index (χ2v) is 8.86. The normalized spacial score (nSPS) is 18.8. The molecule has 0 bridgehead atoms. The van der Waals surface area contributed by atoms with E-state index in [0.29, 0.717) is 30.5 Å². The first kappa shape index (κ1) is 17.3. The van der Waals surface area contributed by atoms with Crippen molar-refractivity contribution >= 4 is 9.84 Å². The lowest BCUT2D eigenvalue weighted by Crippen LogP contribution is -2.44. The number of nitrogens with two attached hydrogens (primary N) is 1. The van der Waals surface area contributed by atoms with Gasteiger partial charge in [0.2, 0.25) is 5.89 Å². The van der Waals surface area contributed by atoms with Gasteiger partial charge < -0.3 is 19.7 Å². The van der Waals surface area contributed by atoms with Crippen molar-refractivity contribution in [2.24, 2.45) is 5.73 Å². The Hall–Kier alpha value is -2.13. The summed E-state index contributed by atoms with van der Waals surface area (Å²) in [5.41, 5.74) is 5.64. The van der Waals surface area contributed by atoms with E-state index >= 15 is 0 Å². The molecule has 2 aromatic rings. The van der Waals surface area contributed by atoms with Gasteiger partial charge in [0.25, 0.3) is 0 Å². The molecular weight excluding hydrogens is 358 g/mol. The molecule has 140 valence electrons. The lowest BCUT2D eigenvalue weighted by Gasteiger charge is -2.34. The van der Waals surface area contributed by atoms with Gasteiger partial charge in [-0.15, -0.1) is 0 Å². The minimum absolute atomic E-state index is 0.133. The molecule has 8 nitrogen and oxygen atoms in total. The fourth-order valence-electron chi connectivity index (χ4n) is 3.02. The highest BCUT2D eigenvalue weighted by atomic mass is 32.2. The van der Waals surface area contributed by atoms with Gasteiger partial charge >= 0.3 is 0 Å². The van der Waals surface area contributed by atoms with E-state index in [1.807, 2.05) is 0 Å². The molecule has 1 aliphatic heterocycles. The summed E-state index contributed by atoms with van der Waals surface area (Å²) in [4.78, 5) is 4.46. The summed E-state index contributed by atoms with van der Waals surface area (Å²) in [5, 5.41) is 3.91. The fraction of sp³-hybridized carbons (Fsp3) is 0.529. The first-order valence-corrected chi connectivity index (χ1v) is 10.4. The van der Waals surface area contributed by atoms with Gasteiger partial charge in [0, 0.05) is 18.9 Å². The summed E-state index contributed by atoms with van der Waals surface area (Å²) in [6.07, 6.45) is 3.58. The summed E-state index contributed by atoms with van der Waals surface area (Å²) in [6.45, 7) is 1.06. The predicted molar refractivity (Wildman–Crippen MR) is 91.8 cm³/mol. The van der Waals surface area contributed by atoms with Gasteiger partial charge in [0.05, 0.1) is 29.4 Å². The number of benzene rings is 1. The number of hydrogen-bond acceptors (Lipinski definition) is 8. The number of aromatic nitrogens is 2. The third-order valence-electron chi connectivity index (χ3n) is 4.82. The van der Waals surface area contributed by atoms with Crippen LogP contribution in [0.15, 0.2) is 27.6 Å². The predicted octanol–water partition coefficient (Wildman–Crippen LogP) is 1.59. The van der Waals surface area contributed by atoms with Crippen LogP contribution in [0.4, 0.5) is 0 Å². The third-order valence-corrected chi connectivity index (χ3v) is 6.54. The maximum atomic E-state index is 12.6. The fourth-order valence-corrected chi connectivity index (χ4v) is 4.26. The highest BCUT2D eigenvalue weighted by Gasteiger charge is 2.39. The quantitative estimate of drug-likeness (QED) is 0.832. The van der Waals surface area contributed by atoms with E-state index in [1.54, 1.807) is 6.07 Å². The number of hydrogen-bond donors (Lipinski definition) is 1. The van der Waals surface area contributed by atoms with Gasteiger partial charge in [-0.1, -0.05) is 5.16 Å². The monoisotopic (exact) mass is 379 g/mol. The Labute approximate surface area is 151 Å². The number of rotatable bonds is 5. The van der Waals surface area contributed by atoms with Crippen LogP contribution in [-0.4, -0.2) is 37.5 Å². The van der Waals surface area contributed by atoms with Gasteiger partial charge in [-0.25, -0.2) is 8.42 Å². The van der Waals surface area contributed by atoms with E-state index in [0.717, 1.165) is 25.7 Å². The van der Waals surface area contributed by atoms with Gasteiger partial charge in [-0.3, -0.25) is 0 Å². The van der Waals surface area contributed by atoms with Crippen LogP contribution >= 0.6 is 0 Å². The largest absolute Gasteiger partial charge is 0.490 e. The molecule has 1 aliphatic carbocycles. The molecule has 0 saturated heterocycles. The first-order chi connectivity index (χ1) is 12.5. The molecule has 1 saturated carbocycles. The minimum Gasteiger partial charge on any atom is -0.490 e. The molecule has 9 heteroatoms. The van der Waals surface area contributed by atoms with Crippen LogP contribution in [-0.2, 0) is 21.8 Å². The SMILES string of the molecule is NC1(c2noc(CCS(=O)(=O)c3ccc4c(c3)OCCCO4)n2)CCC1. The average molecular weight is 379 g/mol. The minimum atomic E-state index is -3.52. The Kier molecular flexibility index (Phi) is 4.36. The molecule has 0 radical (unpaired) electrons. The highest BCUT2D eigenvalue weighted by Crippen LogP contribution is 2.37. The summed E-state index contributed by atoms with van der Waals surface area (Å²) in [5.74, 6) is 1.64. The molecule has 1 aromatic carbocycles. The maximum absolute atomic E-state index is 12.6. The van der Waals surface area contributed by atoms with Crippen molar-refractivity contribution in [3.63, 3.8) is 0 Å². The topological polar surface area (TPSA) is 118 Å². The van der Waals surface area contributed by atoms with E-state index in [1.165, 1.54) is 12.1 Å². The summed E-state index contributed by atoms with van der Waals surface area (Å²) in [6, 6.07) is 4.68. The van der Waals surface area contributed by atoms with Crippen LogP contribution in [0.2, 0.25) is 0 Å². The van der Waals surface area contributed by atoms with Crippen LogP contribution in [0.1, 0.15) is 37.4 Å². The van der Waals surface area contributed by atoms with Crippen LogP contribution in [0.25, 0.3) is 0 Å². The van der Waals surface area contributed by atoms with Crippen molar-refractivity contribution in [1.82, 2.24) is 10.1 Å². The van der Waals surface area contributed by atoms with Crippen molar-refractivity contribution in [2.75, 3.05) is 19.0 Å². The molecule has 0 spiro atoms. The average Bonchev–Trinajstić information content (AvgIpc) is 2.95. The Bertz CT molecular complexity index is 905. The summed E-state index contributed by atoms with van der Waals surface area (Å²) in [7, 11) is -3.52. The van der Waals surface area contributed by atoms with Crippen molar-refractivity contribution in [3.05, 3.63) is 29.9 Å². The maximum Gasteiger partial charge on any atom is 0.227 e. The third kappa shape index (κ3) is 3.28. The molecular formula is C17H21N3O5S. The Morgan fingerprint density at radius 1 is 1.12 bits per heavy atom. The zero-order valence-corrected chi connectivity index (χ0v) is 15.1. The number of nitrogens with zero attached hydrogens (tertiary/aromatic N) is 2. The summed E-state index contributed by atoms with van der Waals surface area (Å²) >= 11 is 0. The van der Waals surface area contributed by atoms with E-state index < -0.39 is 15.4 Å². The van der Waals surface area contributed by atoms with E-state index in [9.17, 15) is 8.42 Å². The molecule has 1 fully saturated rings. The van der Waals surface area contributed by atoms with Crippen molar-refractivity contribution in [2.45, 2.75) is 42.5 Å². The molecule has 26 heavy (non-hydrogen) atoms. The van der Waals surface area contributed by atoms with Crippen LogP contribution < -0.4 is 15.2 Å². The highest BCUT2D eigenvalue weighted by molar-refractivity contribution is 7.91. The molecule has 0 unspecified atom stereocenters. The molecule has 4 rings (SSSR count). The molecule has 0 amide bonds. The second kappa shape index (κ2) is 6.55. The van der Waals surface area contributed by atoms with Gasteiger partial charge in [0.1, 0.15) is 0 Å². The second-order valence-electron chi connectivity index (χ2n) is 6.75. The lowest BCUT2D eigenvalue weighted by molar-refractivity contribution is 0.229. The van der Waals surface area contributed by atoms with Crippen molar-refractivity contribution < 1.29 is 22.4 Å². The van der Waals surface area contributed by atoms with Gasteiger partial charge in [0.15, 0.2) is 27.2 Å². The van der Waals surface area contributed by atoms with Crippen LogP contribution in [0, 0.1) is 0 Å². The number of fused-ring (bicyclic) bond motifs is 1. The molecule has 2 N–H and O–H groups in total. The van der Waals surface area contributed by atoms with E-state index in [2.05, 4.69) is 10.1 Å². The Morgan fingerprint density at radius 2 is 1.88 bits per heavy atom. The molecule has 0 atom stereocenters. The van der Waals surface area contributed by atoms with Gasteiger partial charge in [-0.05, 0) is 31.4 Å². The lowest BCUT2D eigenvalue weighted by atomic mass is 9.77. The van der Waals surface area contributed by atoms with Crippen LogP contribution in [0.3, 0.4) is 0 Å². The number of aryl methyl sites for hydroxylation is 1. The molecule has 2 heterocycles. The zero-order valence-electron chi connectivity index (χ0n) is 14.3. The smallest absolute Gasteiger partial charge is 0.227 e. The van der Waals surface area contributed by atoms with Crippen molar-refractivity contribution in [3.8, 4) is 11.5 Å². The first-order valence-electron chi connectivity index (χ1n) is 8.71. The number of ether oxygens (including phenoxy) is 2. The van der Waals surface area contributed by atoms with Gasteiger partial charge in [-0.2, -0.15) is 4.98 Å². The van der Waals surface area contributed by atoms with E-state index in [-0.39, 0.29) is 23.0 Å². The number of sulfone groups is 1. The molecule has 1 aromatic heterocycles. The van der Waals surface area contributed by atoms with Crippen molar-refractivity contribution in [1.29, 1.82) is 0 Å². The van der Waals surface area contributed by atoms with E-state index in [4.69, 9.17) is 19.7 Å². The summed E-state index contributed by atoms with van der Waals surface area (Å²) < 4.78 is 41.5. The standard InChI is InChI=1S/C17H21N3O5S/c18-17(6-1-7-17)16-19-15(25-20-16)5-10-26(21,22)12-3-4-13-14(11-12)24-9-2-8-23-13/h3-4,11H,1-2,5-10,18H2. The Morgan fingerprint density at radius 3 is 2.62 bits per heavy atom. The zero-order chi connectivity index (χ0) is 18.2. The molecule has 2 aliphatic rings. The van der Waals surface area contributed by atoms with Crippen LogP contribution in [0.5, 0.6) is 11.5 Å². The Balaban J connectivity index is 1.47.